The molecule has 31 heavy (non-hydrogen) atoms. The van der Waals surface area contributed by atoms with E-state index in [2.05, 4.69) is 10.1 Å². The van der Waals surface area contributed by atoms with Crippen LogP contribution in [-0.2, 0) is 6.18 Å². The molecule has 3 aromatic carbocycles. The average molecular weight is 421 g/mol. The van der Waals surface area contributed by atoms with E-state index in [4.69, 9.17) is 10.3 Å². The van der Waals surface area contributed by atoms with Gasteiger partial charge in [0, 0.05) is 11.1 Å². The molecule has 156 valence electrons. The zero-order chi connectivity index (χ0) is 22.0. The zero-order valence-corrected chi connectivity index (χ0v) is 16.5. The summed E-state index contributed by atoms with van der Waals surface area (Å²) < 4.78 is 44.0. The molecule has 0 amide bonds. The van der Waals surface area contributed by atoms with Crippen molar-refractivity contribution < 1.29 is 17.7 Å². The highest BCUT2D eigenvalue weighted by atomic mass is 19.4. The SMILES string of the molecule is Cc1ccc(N=C(C=CN)c2ccc3noc(-c4ccc(C(F)(F)F)cc4)c3c2)cc1. The first-order valence-corrected chi connectivity index (χ1v) is 9.46. The molecule has 0 atom stereocenters. The molecule has 0 aliphatic carbocycles. The van der Waals surface area contributed by atoms with Crippen molar-refractivity contribution in [1.29, 1.82) is 0 Å². The second-order valence-electron chi connectivity index (χ2n) is 7.01. The molecule has 0 spiro atoms. The third-order valence-corrected chi connectivity index (χ3v) is 4.78. The van der Waals surface area contributed by atoms with Gasteiger partial charge in [0.25, 0.3) is 0 Å². The highest BCUT2D eigenvalue weighted by Crippen LogP contribution is 2.34. The predicted octanol–water partition coefficient (Wildman–Crippen LogP) is 6.42. The Hall–Kier alpha value is -3.87. The molecule has 0 aliphatic heterocycles. The number of aliphatic imine (C=N–C) groups is 1. The molecule has 0 fully saturated rings. The van der Waals surface area contributed by atoms with Crippen LogP contribution in [0.25, 0.3) is 22.2 Å². The van der Waals surface area contributed by atoms with Crippen LogP contribution in [-0.4, -0.2) is 10.9 Å². The molecule has 4 aromatic rings. The topological polar surface area (TPSA) is 64.4 Å². The molecule has 4 rings (SSSR count). The highest BCUT2D eigenvalue weighted by molar-refractivity contribution is 6.12. The lowest BCUT2D eigenvalue weighted by molar-refractivity contribution is -0.137. The van der Waals surface area contributed by atoms with E-state index in [0.29, 0.717) is 27.9 Å². The van der Waals surface area contributed by atoms with Crippen LogP contribution < -0.4 is 5.73 Å². The first-order valence-electron chi connectivity index (χ1n) is 9.46. The number of hydrogen-bond acceptors (Lipinski definition) is 4. The average Bonchev–Trinajstić information content (AvgIpc) is 3.18. The van der Waals surface area contributed by atoms with Crippen LogP contribution in [0.3, 0.4) is 0 Å². The van der Waals surface area contributed by atoms with Crippen LogP contribution in [0.1, 0.15) is 16.7 Å². The smallest absolute Gasteiger partial charge is 0.405 e. The van der Waals surface area contributed by atoms with Crippen LogP contribution in [0, 0.1) is 6.92 Å². The number of alkyl halides is 3. The number of nitrogens with zero attached hydrogens (tertiary/aromatic N) is 2. The normalized spacial score (nSPS) is 12.7. The second kappa shape index (κ2) is 8.10. The van der Waals surface area contributed by atoms with Gasteiger partial charge < -0.3 is 10.3 Å². The molecule has 0 aliphatic rings. The minimum absolute atomic E-state index is 0.386. The van der Waals surface area contributed by atoms with Crippen molar-refractivity contribution >= 4 is 22.3 Å². The monoisotopic (exact) mass is 421 g/mol. The van der Waals surface area contributed by atoms with Crippen molar-refractivity contribution in [2.45, 2.75) is 13.1 Å². The Labute approximate surface area is 176 Å². The maximum atomic E-state index is 12.9. The summed E-state index contributed by atoms with van der Waals surface area (Å²) in [6.07, 6.45) is -1.31. The fourth-order valence-electron chi connectivity index (χ4n) is 3.17. The Balaban J connectivity index is 1.77. The lowest BCUT2D eigenvalue weighted by atomic mass is 10.0. The number of halogens is 3. The third-order valence-electron chi connectivity index (χ3n) is 4.78. The molecule has 0 saturated carbocycles. The third kappa shape index (κ3) is 4.35. The molecule has 1 aromatic heterocycles. The molecular formula is C24H18F3N3O. The van der Waals surface area contributed by atoms with E-state index in [9.17, 15) is 13.2 Å². The fourth-order valence-corrected chi connectivity index (χ4v) is 3.17. The molecular weight excluding hydrogens is 403 g/mol. The number of aryl methyl sites for hydroxylation is 1. The number of nitrogens with two attached hydrogens (primary N) is 1. The number of allylic oxidation sites excluding steroid dienone is 1. The van der Waals surface area contributed by atoms with Gasteiger partial charge in [0.2, 0.25) is 0 Å². The summed E-state index contributed by atoms with van der Waals surface area (Å²) in [4.78, 5) is 4.67. The van der Waals surface area contributed by atoms with Crippen molar-refractivity contribution in [3.63, 3.8) is 0 Å². The Bertz CT molecular complexity index is 1270. The lowest BCUT2D eigenvalue weighted by Gasteiger charge is -2.07. The van der Waals surface area contributed by atoms with Crippen LogP contribution in [0.2, 0.25) is 0 Å². The summed E-state index contributed by atoms with van der Waals surface area (Å²) in [5.74, 6) is 0.386. The molecule has 4 nitrogen and oxygen atoms in total. The molecule has 1 heterocycles. The summed E-state index contributed by atoms with van der Waals surface area (Å²) in [5, 5.41) is 4.69. The summed E-state index contributed by atoms with van der Waals surface area (Å²) >= 11 is 0. The lowest BCUT2D eigenvalue weighted by Crippen LogP contribution is -2.03. The van der Waals surface area contributed by atoms with Crippen molar-refractivity contribution in [2.24, 2.45) is 10.7 Å². The van der Waals surface area contributed by atoms with Crippen molar-refractivity contribution in [3.05, 3.63) is 95.7 Å². The van der Waals surface area contributed by atoms with E-state index < -0.39 is 11.7 Å². The van der Waals surface area contributed by atoms with E-state index in [1.54, 1.807) is 12.1 Å². The predicted molar refractivity (Wildman–Crippen MR) is 115 cm³/mol. The largest absolute Gasteiger partial charge is 0.416 e. The first kappa shape index (κ1) is 20.4. The van der Waals surface area contributed by atoms with Crippen LogP contribution in [0.4, 0.5) is 18.9 Å². The summed E-state index contributed by atoms with van der Waals surface area (Å²) in [6, 6.07) is 18.0. The van der Waals surface area contributed by atoms with Gasteiger partial charge in [-0.25, -0.2) is 4.99 Å². The number of aromatic nitrogens is 1. The van der Waals surface area contributed by atoms with E-state index >= 15 is 0 Å². The quantitative estimate of drug-likeness (QED) is 0.387. The second-order valence-corrected chi connectivity index (χ2v) is 7.01. The number of hydrogen-bond donors (Lipinski definition) is 1. The van der Waals surface area contributed by atoms with Crippen LogP contribution in [0.15, 0.2) is 88.5 Å². The molecule has 0 saturated heterocycles. The Kier molecular flexibility index (Phi) is 5.33. The summed E-state index contributed by atoms with van der Waals surface area (Å²) in [6.45, 7) is 2.00. The van der Waals surface area contributed by atoms with Crippen LogP contribution >= 0.6 is 0 Å². The van der Waals surface area contributed by atoms with Gasteiger partial charge in [-0.3, -0.25) is 0 Å². The van der Waals surface area contributed by atoms with E-state index in [0.717, 1.165) is 28.9 Å². The van der Waals surface area contributed by atoms with Gasteiger partial charge in [0.15, 0.2) is 5.76 Å². The zero-order valence-electron chi connectivity index (χ0n) is 16.5. The number of benzene rings is 3. The van der Waals surface area contributed by atoms with Gasteiger partial charge >= 0.3 is 6.18 Å². The highest BCUT2D eigenvalue weighted by Gasteiger charge is 2.30. The maximum absolute atomic E-state index is 12.9. The Morgan fingerprint density at radius 1 is 1.00 bits per heavy atom. The van der Waals surface area contributed by atoms with Gasteiger partial charge in [-0.2, -0.15) is 13.2 Å². The first-order chi connectivity index (χ1) is 14.8. The molecule has 0 radical (unpaired) electrons. The molecule has 0 bridgehead atoms. The molecule has 0 unspecified atom stereocenters. The van der Waals surface area contributed by atoms with E-state index in [-0.39, 0.29) is 0 Å². The summed E-state index contributed by atoms with van der Waals surface area (Å²) in [5.41, 5.74) is 9.29. The Morgan fingerprint density at radius 2 is 1.71 bits per heavy atom. The van der Waals surface area contributed by atoms with Gasteiger partial charge in [-0.15, -0.1) is 0 Å². The standard InChI is InChI=1S/C24H18F3N3O/c1-15-2-9-19(10-3-15)29-21(12-13-28)17-6-11-22-20(14-17)23(31-30-22)16-4-7-18(8-5-16)24(25,26)27/h2-14H,28H2,1H3. The van der Waals surface area contributed by atoms with E-state index in [1.807, 2.05) is 43.3 Å². The van der Waals surface area contributed by atoms with Gasteiger partial charge in [0.05, 0.1) is 22.3 Å². The van der Waals surface area contributed by atoms with Crippen molar-refractivity contribution in [1.82, 2.24) is 5.16 Å². The summed E-state index contributed by atoms with van der Waals surface area (Å²) in [7, 11) is 0. The van der Waals surface area contributed by atoms with Crippen LogP contribution in [0.5, 0.6) is 0 Å². The van der Waals surface area contributed by atoms with Gasteiger partial charge in [-0.05, 0) is 55.6 Å². The fraction of sp³-hybridized carbons (Fsp3) is 0.0833. The Morgan fingerprint density at radius 3 is 2.35 bits per heavy atom. The van der Waals surface area contributed by atoms with E-state index in [1.165, 1.54) is 18.3 Å². The minimum atomic E-state index is -4.40. The van der Waals surface area contributed by atoms with Crippen molar-refractivity contribution in [3.8, 4) is 11.3 Å². The number of rotatable bonds is 4. The minimum Gasteiger partial charge on any atom is -0.405 e. The molecule has 7 heteroatoms. The van der Waals surface area contributed by atoms with Gasteiger partial charge in [0.1, 0.15) is 5.52 Å². The van der Waals surface area contributed by atoms with Gasteiger partial charge in [-0.1, -0.05) is 41.1 Å². The number of fused-ring (bicyclic) bond motifs is 1. The molecule has 2 N–H and O–H groups in total. The maximum Gasteiger partial charge on any atom is 0.416 e. The van der Waals surface area contributed by atoms with Crippen molar-refractivity contribution in [2.75, 3.05) is 0 Å².